The number of nitrogens with zero attached hydrogens (tertiary/aromatic N) is 1. The molecule has 0 aliphatic carbocycles. The number of ether oxygens (including phenoxy) is 1. The summed E-state index contributed by atoms with van der Waals surface area (Å²) < 4.78 is 15.8. The molecule has 0 atom stereocenters. The first-order valence-electron chi connectivity index (χ1n) is 7.63. The Morgan fingerprint density at radius 1 is 1.25 bits per heavy atom. The zero-order chi connectivity index (χ0) is 16.7. The Balaban J connectivity index is 1.75. The van der Waals surface area contributed by atoms with E-state index in [0.29, 0.717) is 29.9 Å². The number of amides is 1. The van der Waals surface area contributed by atoms with Crippen LogP contribution in [-0.4, -0.2) is 24.5 Å². The number of furan rings is 1. The normalized spacial score (nSPS) is 13.8. The molecule has 6 nitrogen and oxygen atoms in total. The van der Waals surface area contributed by atoms with Crippen LogP contribution in [0, 0.1) is 0 Å². The summed E-state index contributed by atoms with van der Waals surface area (Å²) in [5, 5.41) is 0.885. The SMILES string of the molecule is COc1ccc2c3c(c(=O)oc2c1)CN(C(=O)c1ccco1)CC3. The predicted molar refractivity (Wildman–Crippen MR) is 86.2 cm³/mol. The van der Waals surface area contributed by atoms with Crippen LogP contribution in [0.1, 0.15) is 21.7 Å². The van der Waals surface area contributed by atoms with E-state index in [0.717, 1.165) is 10.9 Å². The summed E-state index contributed by atoms with van der Waals surface area (Å²) >= 11 is 0. The molecule has 4 rings (SSSR count). The molecule has 2 aromatic heterocycles. The largest absolute Gasteiger partial charge is 0.497 e. The number of benzene rings is 1. The third-order valence-corrected chi connectivity index (χ3v) is 4.33. The summed E-state index contributed by atoms with van der Waals surface area (Å²) in [6.45, 7) is 0.746. The standard InChI is InChI=1S/C18H15NO5/c1-22-11-4-5-13-12-6-7-19(17(20)15-3-2-8-23-15)10-14(12)18(21)24-16(13)9-11/h2-5,8-9H,6-7,10H2,1H3. The van der Waals surface area contributed by atoms with Crippen LogP contribution in [0.5, 0.6) is 5.75 Å². The molecule has 24 heavy (non-hydrogen) atoms. The van der Waals surface area contributed by atoms with Gasteiger partial charge in [0, 0.05) is 18.0 Å². The van der Waals surface area contributed by atoms with E-state index in [1.165, 1.54) is 6.26 Å². The van der Waals surface area contributed by atoms with Crippen molar-refractivity contribution in [2.24, 2.45) is 0 Å². The monoisotopic (exact) mass is 325 g/mol. The zero-order valence-corrected chi connectivity index (χ0v) is 13.1. The highest BCUT2D eigenvalue weighted by Gasteiger charge is 2.27. The van der Waals surface area contributed by atoms with Crippen LogP contribution in [0.4, 0.5) is 0 Å². The molecule has 0 unspecified atom stereocenters. The van der Waals surface area contributed by atoms with Crippen LogP contribution in [-0.2, 0) is 13.0 Å². The van der Waals surface area contributed by atoms with E-state index in [9.17, 15) is 9.59 Å². The van der Waals surface area contributed by atoms with Gasteiger partial charge in [-0.05, 0) is 36.2 Å². The van der Waals surface area contributed by atoms with E-state index < -0.39 is 5.63 Å². The van der Waals surface area contributed by atoms with Gasteiger partial charge in [-0.1, -0.05) is 0 Å². The zero-order valence-electron chi connectivity index (χ0n) is 13.1. The van der Waals surface area contributed by atoms with Gasteiger partial charge in [-0.25, -0.2) is 4.79 Å². The second kappa shape index (κ2) is 5.56. The summed E-state index contributed by atoms with van der Waals surface area (Å²) in [4.78, 5) is 26.4. The summed E-state index contributed by atoms with van der Waals surface area (Å²) in [6.07, 6.45) is 2.05. The number of hydrogen-bond donors (Lipinski definition) is 0. The van der Waals surface area contributed by atoms with Gasteiger partial charge in [0.15, 0.2) is 5.76 Å². The van der Waals surface area contributed by atoms with Crippen molar-refractivity contribution >= 4 is 16.9 Å². The third kappa shape index (κ3) is 2.27. The molecule has 1 aromatic carbocycles. The molecule has 0 spiro atoms. The van der Waals surface area contributed by atoms with Crippen molar-refractivity contribution in [1.82, 2.24) is 4.90 Å². The fourth-order valence-corrected chi connectivity index (χ4v) is 3.10. The molecule has 122 valence electrons. The molecule has 0 saturated heterocycles. The smallest absolute Gasteiger partial charge is 0.341 e. The average molecular weight is 325 g/mol. The molecule has 0 N–H and O–H groups in total. The van der Waals surface area contributed by atoms with Gasteiger partial charge in [0.05, 0.1) is 25.5 Å². The summed E-state index contributed by atoms with van der Waals surface area (Å²) in [7, 11) is 1.57. The van der Waals surface area contributed by atoms with E-state index in [1.54, 1.807) is 30.2 Å². The predicted octanol–water partition coefficient (Wildman–Crippen LogP) is 2.59. The second-order valence-corrected chi connectivity index (χ2v) is 5.66. The molecule has 1 aliphatic heterocycles. The van der Waals surface area contributed by atoms with E-state index in [4.69, 9.17) is 13.6 Å². The lowest BCUT2D eigenvalue weighted by atomic mass is 9.97. The number of methoxy groups -OCH3 is 1. The summed E-state index contributed by atoms with van der Waals surface area (Å²) in [6, 6.07) is 8.72. The maximum absolute atomic E-state index is 12.4. The molecular formula is C18H15NO5. The number of carbonyl (C=O) groups excluding carboxylic acids is 1. The maximum Gasteiger partial charge on any atom is 0.341 e. The van der Waals surface area contributed by atoms with Gasteiger partial charge in [-0.15, -0.1) is 0 Å². The molecule has 0 radical (unpaired) electrons. The number of fused-ring (bicyclic) bond motifs is 3. The Kier molecular flexibility index (Phi) is 3.37. The van der Waals surface area contributed by atoms with Crippen molar-refractivity contribution in [2.45, 2.75) is 13.0 Å². The second-order valence-electron chi connectivity index (χ2n) is 5.66. The molecule has 0 saturated carbocycles. The van der Waals surface area contributed by atoms with Crippen molar-refractivity contribution in [3.8, 4) is 5.75 Å². The number of hydrogen-bond acceptors (Lipinski definition) is 5. The Morgan fingerprint density at radius 3 is 2.88 bits per heavy atom. The average Bonchev–Trinajstić information content (AvgIpc) is 3.15. The van der Waals surface area contributed by atoms with E-state index in [1.807, 2.05) is 12.1 Å². The highest BCUT2D eigenvalue weighted by molar-refractivity contribution is 5.92. The molecule has 1 aliphatic rings. The van der Waals surface area contributed by atoms with Crippen LogP contribution < -0.4 is 10.4 Å². The molecule has 3 aromatic rings. The molecule has 1 amide bonds. The van der Waals surface area contributed by atoms with Crippen LogP contribution >= 0.6 is 0 Å². The van der Waals surface area contributed by atoms with Gasteiger partial charge < -0.3 is 18.5 Å². The van der Waals surface area contributed by atoms with Crippen molar-refractivity contribution in [2.75, 3.05) is 13.7 Å². The highest BCUT2D eigenvalue weighted by atomic mass is 16.5. The van der Waals surface area contributed by atoms with Gasteiger partial charge >= 0.3 is 5.63 Å². The Morgan fingerprint density at radius 2 is 2.12 bits per heavy atom. The maximum atomic E-state index is 12.4. The van der Waals surface area contributed by atoms with Gasteiger partial charge in [0.25, 0.3) is 5.91 Å². The Hall–Kier alpha value is -3.02. The van der Waals surface area contributed by atoms with Gasteiger partial charge in [0.1, 0.15) is 11.3 Å². The van der Waals surface area contributed by atoms with Crippen molar-refractivity contribution < 1.29 is 18.4 Å². The Labute approximate surface area is 137 Å². The van der Waals surface area contributed by atoms with Gasteiger partial charge in [-0.3, -0.25) is 4.79 Å². The molecule has 0 bridgehead atoms. The molecule has 3 heterocycles. The third-order valence-electron chi connectivity index (χ3n) is 4.33. The van der Waals surface area contributed by atoms with Crippen molar-refractivity contribution in [1.29, 1.82) is 0 Å². The van der Waals surface area contributed by atoms with Crippen LogP contribution in [0.2, 0.25) is 0 Å². The fraction of sp³-hybridized carbons (Fsp3) is 0.222. The van der Waals surface area contributed by atoms with E-state index in [2.05, 4.69) is 0 Å². The minimum Gasteiger partial charge on any atom is -0.497 e. The minimum absolute atomic E-state index is 0.221. The van der Waals surface area contributed by atoms with Crippen molar-refractivity contribution in [3.05, 3.63) is 63.9 Å². The summed E-state index contributed by atoms with van der Waals surface area (Å²) in [5.74, 6) is 0.685. The van der Waals surface area contributed by atoms with Gasteiger partial charge in [-0.2, -0.15) is 0 Å². The lowest BCUT2D eigenvalue weighted by Gasteiger charge is -2.27. The fourth-order valence-electron chi connectivity index (χ4n) is 3.10. The molecule has 6 heteroatoms. The lowest BCUT2D eigenvalue weighted by molar-refractivity contribution is 0.0700. The van der Waals surface area contributed by atoms with Crippen molar-refractivity contribution in [3.63, 3.8) is 0 Å². The molecular weight excluding hydrogens is 310 g/mol. The van der Waals surface area contributed by atoms with Gasteiger partial charge in [0.2, 0.25) is 0 Å². The minimum atomic E-state index is -0.414. The first kappa shape index (κ1) is 14.6. The van der Waals surface area contributed by atoms with E-state index >= 15 is 0 Å². The Bertz CT molecular complexity index is 971. The lowest BCUT2D eigenvalue weighted by Crippen LogP contribution is -2.38. The quantitative estimate of drug-likeness (QED) is 0.677. The van der Waals surface area contributed by atoms with E-state index in [-0.39, 0.29) is 18.2 Å². The molecule has 0 fully saturated rings. The highest BCUT2D eigenvalue weighted by Crippen LogP contribution is 2.28. The van der Waals surface area contributed by atoms with Crippen LogP contribution in [0.15, 0.2) is 50.2 Å². The first-order valence-corrected chi connectivity index (χ1v) is 7.63. The summed E-state index contributed by atoms with van der Waals surface area (Å²) in [5.41, 5.74) is 1.55. The first-order chi connectivity index (χ1) is 11.7. The number of carbonyl (C=O) groups is 1. The van der Waals surface area contributed by atoms with Crippen LogP contribution in [0.3, 0.4) is 0 Å². The topological polar surface area (TPSA) is 72.9 Å². The number of rotatable bonds is 2. The van der Waals surface area contributed by atoms with Crippen LogP contribution in [0.25, 0.3) is 11.0 Å².